The number of carbonyl (C=O) groups is 1. The molecule has 6 heteroatoms. The standard InChI is InChI=1S/C26H22F2N2O2/c1-32-18-9-6-15(7-10-18)16-12-23-25(24(31)13-16)26(19-14-17(27)8-11-20(19)28)30-22-5-3-2-4-21(22)29-23/h2-11,14,16,26,29-30H,12-13H2,1H3/t16-,26+/m1/s1. The summed E-state index contributed by atoms with van der Waals surface area (Å²) < 4.78 is 34.1. The van der Waals surface area contributed by atoms with E-state index < -0.39 is 17.7 Å². The van der Waals surface area contributed by atoms with Crippen molar-refractivity contribution in [3.63, 3.8) is 0 Å². The van der Waals surface area contributed by atoms with Crippen LogP contribution in [0.5, 0.6) is 5.75 Å². The highest BCUT2D eigenvalue weighted by Gasteiger charge is 2.37. The first-order valence-electron chi connectivity index (χ1n) is 10.5. The number of ketones is 1. The van der Waals surface area contributed by atoms with Crippen molar-refractivity contribution in [2.45, 2.75) is 24.8 Å². The van der Waals surface area contributed by atoms with Gasteiger partial charge >= 0.3 is 0 Å². The van der Waals surface area contributed by atoms with E-state index in [9.17, 15) is 13.6 Å². The van der Waals surface area contributed by atoms with Crippen LogP contribution in [0.4, 0.5) is 20.2 Å². The molecule has 5 rings (SSSR count). The predicted molar refractivity (Wildman–Crippen MR) is 120 cm³/mol. The largest absolute Gasteiger partial charge is 0.497 e. The maximum Gasteiger partial charge on any atom is 0.163 e. The molecule has 2 aliphatic rings. The van der Waals surface area contributed by atoms with Crippen molar-refractivity contribution in [3.8, 4) is 5.75 Å². The van der Waals surface area contributed by atoms with Crippen molar-refractivity contribution in [3.05, 3.63) is 101 Å². The average molecular weight is 432 g/mol. The summed E-state index contributed by atoms with van der Waals surface area (Å²) in [4.78, 5) is 13.4. The van der Waals surface area contributed by atoms with Gasteiger partial charge in [0.25, 0.3) is 0 Å². The molecule has 0 unspecified atom stereocenters. The van der Waals surface area contributed by atoms with E-state index >= 15 is 0 Å². The summed E-state index contributed by atoms with van der Waals surface area (Å²) in [5.41, 5.74) is 3.86. The van der Waals surface area contributed by atoms with Gasteiger partial charge in [-0.15, -0.1) is 0 Å². The molecule has 1 aliphatic heterocycles. The van der Waals surface area contributed by atoms with Crippen molar-refractivity contribution in [1.29, 1.82) is 0 Å². The van der Waals surface area contributed by atoms with Crippen molar-refractivity contribution in [2.24, 2.45) is 0 Å². The normalized spacial score (nSPS) is 19.9. The molecule has 0 aromatic heterocycles. The number of carbonyl (C=O) groups excluding carboxylic acids is 1. The first kappa shape index (κ1) is 20.2. The number of ether oxygens (including phenoxy) is 1. The molecule has 0 bridgehead atoms. The smallest absolute Gasteiger partial charge is 0.163 e. The molecule has 3 aromatic carbocycles. The topological polar surface area (TPSA) is 50.4 Å². The Kier molecular flexibility index (Phi) is 5.13. The van der Waals surface area contributed by atoms with E-state index in [1.54, 1.807) is 7.11 Å². The number of hydrogen-bond acceptors (Lipinski definition) is 4. The zero-order valence-corrected chi connectivity index (χ0v) is 17.5. The van der Waals surface area contributed by atoms with Crippen molar-refractivity contribution in [1.82, 2.24) is 0 Å². The van der Waals surface area contributed by atoms with E-state index in [1.165, 1.54) is 0 Å². The summed E-state index contributed by atoms with van der Waals surface area (Å²) >= 11 is 0. The fourth-order valence-electron chi connectivity index (χ4n) is 4.57. The molecule has 162 valence electrons. The lowest BCUT2D eigenvalue weighted by molar-refractivity contribution is -0.116. The maximum absolute atomic E-state index is 14.8. The van der Waals surface area contributed by atoms with Crippen LogP contribution in [0.3, 0.4) is 0 Å². The third-order valence-electron chi connectivity index (χ3n) is 6.17. The van der Waals surface area contributed by atoms with Crippen LogP contribution >= 0.6 is 0 Å². The summed E-state index contributed by atoms with van der Waals surface area (Å²) in [5, 5.41) is 6.68. The zero-order chi connectivity index (χ0) is 22.2. The van der Waals surface area contributed by atoms with Gasteiger partial charge in [-0.3, -0.25) is 4.79 Å². The van der Waals surface area contributed by atoms with Crippen LogP contribution in [0.1, 0.15) is 35.9 Å². The van der Waals surface area contributed by atoms with Gasteiger partial charge in [0, 0.05) is 23.3 Å². The summed E-state index contributed by atoms with van der Waals surface area (Å²) in [6.07, 6.45) is 0.870. The number of Topliss-reactive ketones (excluding diaryl/α,β-unsaturated/α-hetero) is 1. The van der Waals surface area contributed by atoms with Gasteiger partial charge in [-0.05, 0) is 60.4 Å². The molecule has 0 saturated carbocycles. The number of nitrogens with one attached hydrogen (secondary N) is 2. The molecule has 1 heterocycles. The first-order chi connectivity index (χ1) is 15.5. The van der Waals surface area contributed by atoms with Gasteiger partial charge in [0.15, 0.2) is 5.78 Å². The highest BCUT2D eigenvalue weighted by atomic mass is 19.1. The van der Waals surface area contributed by atoms with Gasteiger partial charge in [0.2, 0.25) is 0 Å². The molecule has 0 radical (unpaired) electrons. The van der Waals surface area contributed by atoms with Crippen LogP contribution in [0, 0.1) is 11.6 Å². The van der Waals surface area contributed by atoms with E-state index in [4.69, 9.17) is 4.74 Å². The summed E-state index contributed by atoms with van der Waals surface area (Å²) in [6.45, 7) is 0. The van der Waals surface area contributed by atoms with Gasteiger partial charge in [-0.2, -0.15) is 0 Å². The van der Waals surface area contributed by atoms with Crippen molar-refractivity contribution < 1.29 is 18.3 Å². The Morgan fingerprint density at radius 2 is 1.69 bits per heavy atom. The van der Waals surface area contributed by atoms with Crippen LogP contribution in [0.15, 0.2) is 78.0 Å². The number of anilines is 2. The van der Waals surface area contributed by atoms with E-state index in [0.29, 0.717) is 12.0 Å². The van der Waals surface area contributed by atoms with E-state index in [0.717, 1.165) is 46.6 Å². The van der Waals surface area contributed by atoms with Crippen LogP contribution in [-0.4, -0.2) is 12.9 Å². The second-order valence-electron chi connectivity index (χ2n) is 8.11. The molecule has 0 fully saturated rings. The van der Waals surface area contributed by atoms with E-state index in [1.807, 2.05) is 48.5 Å². The summed E-state index contributed by atoms with van der Waals surface area (Å²) in [5.74, 6) is -0.463. The van der Waals surface area contributed by atoms with Gasteiger partial charge in [0.05, 0.1) is 24.5 Å². The number of methoxy groups -OCH3 is 1. The SMILES string of the molecule is COc1ccc([C@H]2CC(=O)C3=C(C2)Nc2ccccc2N[C@H]3c2cc(F)ccc2F)cc1. The van der Waals surface area contributed by atoms with Crippen LogP contribution in [-0.2, 0) is 4.79 Å². The lowest BCUT2D eigenvalue weighted by atomic mass is 9.78. The Morgan fingerprint density at radius 1 is 0.938 bits per heavy atom. The fraction of sp³-hybridized carbons (Fsp3) is 0.192. The van der Waals surface area contributed by atoms with Gasteiger partial charge in [0.1, 0.15) is 17.4 Å². The number of rotatable bonds is 3. The van der Waals surface area contributed by atoms with Gasteiger partial charge in [-0.25, -0.2) is 8.78 Å². The zero-order valence-electron chi connectivity index (χ0n) is 17.5. The van der Waals surface area contributed by atoms with Crippen LogP contribution in [0.2, 0.25) is 0 Å². The fourth-order valence-corrected chi connectivity index (χ4v) is 4.57. The van der Waals surface area contributed by atoms with Crippen molar-refractivity contribution in [2.75, 3.05) is 17.7 Å². The molecule has 2 atom stereocenters. The van der Waals surface area contributed by atoms with Crippen LogP contribution in [0.25, 0.3) is 0 Å². The molecule has 0 amide bonds. The number of allylic oxidation sites excluding steroid dienone is 1. The molecular weight excluding hydrogens is 410 g/mol. The Balaban J connectivity index is 1.61. The van der Waals surface area contributed by atoms with Crippen molar-refractivity contribution >= 4 is 17.2 Å². The minimum absolute atomic E-state index is 0.0251. The van der Waals surface area contributed by atoms with E-state index in [-0.39, 0.29) is 23.7 Å². The Bertz CT molecular complexity index is 1220. The Morgan fingerprint density at radius 3 is 2.44 bits per heavy atom. The highest BCUT2D eigenvalue weighted by molar-refractivity contribution is 6.01. The van der Waals surface area contributed by atoms with Gasteiger partial charge in [-0.1, -0.05) is 24.3 Å². The minimum Gasteiger partial charge on any atom is -0.497 e. The quantitative estimate of drug-likeness (QED) is 0.537. The summed E-state index contributed by atoms with van der Waals surface area (Å²) in [7, 11) is 1.61. The Labute approximate surface area is 184 Å². The van der Waals surface area contributed by atoms with E-state index in [2.05, 4.69) is 10.6 Å². The number of fused-ring (bicyclic) bond motifs is 1. The Hall–Kier alpha value is -3.67. The number of para-hydroxylation sites is 2. The number of halogens is 2. The molecule has 4 nitrogen and oxygen atoms in total. The first-order valence-corrected chi connectivity index (χ1v) is 10.5. The van der Waals surface area contributed by atoms with Crippen LogP contribution < -0.4 is 15.4 Å². The predicted octanol–water partition coefficient (Wildman–Crippen LogP) is 5.95. The lowest BCUT2D eigenvalue weighted by Crippen LogP contribution is -2.27. The molecule has 0 saturated heterocycles. The molecule has 2 N–H and O–H groups in total. The second-order valence-corrected chi connectivity index (χ2v) is 8.11. The number of hydrogen-bond donors (Lipinski definition) is 2. The molecule has 0 spiro atoms. The monoisotopic (exact) mass is 432 g/mol. The third-order valence-corrected chi connectivity index (χ3v) is 6.17. The second kappa shape index (κ2) is 8.11. The minimum atomic E-state index is -0.791. The molecular formula is C26H22F2N2O2. The molecule has 3 aromatic rings. The third kappa shape index (κ3) is 3.62. The maximum atomic E-state index is 14.8. The summed E-state index contributed by atoms with van der Waals surface area (Å²) in [6, 6.07) is 17.8. The number of benzene rings is 3. The average Bonchev–Trinajstić information content (AvgIpc) is 2.97. The highest BCUT2D eigenvalue weighted by Crippen LogP contribution is 2.44. The molecule has 1 aliphatic carbocycles. The van der Waals surface area contributed by atoms with Gasteiger partial charge < -0.3 is 15.4 Å². The molecule has 32 heavy (non-hydrogen) atoms. The lowest BCUT2D eigenvalue weighted by Gasteiger charge is -2.30.